The Labute approximate surface area is 155 Å². The summed E-state index contributed by atoms with van der Waals surface area (Å²) in [5, 5.41) is 0. The monoisotopic (exact) mass is 419 g/mol. The van der Waals surface area contributed by atoms with E-state index in [0.29, 0.717) is 0 Å². The molecule has 0 bridgehead atoms. The predicted octanol–water partition coefficient (Wildman–Crippen LogP) is 1.59. The van der Waals surface area contributed by atoms with Crippen molar-refractivity contribution in [2.75, 3.05) is 14.2 Å². The van der Waals surface area contributed by atoms with Crippen molar-refractivity contribution in [1.29, 1.82) is 0 Å². The maximum absolute atomic E-state index is 12.9. The number of carbonyl (C=O) groups excluding carboxylic acids is 1. The molecule has 2 rings (SSSR count). The summed E-state index contributed by atoms with van der Waals surface area (Å²) in [4.78, 5) is 11.8. The molecule has 2 aromatic carbocycles. The van der Waals surface area contributed by atoms with E-state index in [1.807, 2.05) is 0 Å². The molecule has 5 N–H and O–H groups in total. The van der Waals surface area contributed by atoms with Crippen LogP contribution in [0.5, 0.6) is 11.5 Å². The Morgan fingerprint density at radius 3 is 1.37 bits per heavy atom. The Balaban J connectivity index is 0.00000364. The van der Waals surface area contributed by atoms with Gasteiger partial charge in [0.2, 0.25) is 5.78 Å². The van der Waals surface area contributed by atoms with Gasteiger partial charge in [-0.05, 0) is 36.4 Å². The highest BCUT2D eigenvalue weighted by molar-refractivity contribution is 7.86. The van der Waals surface area contributed by atoms with Crippen LogP contribution >= 0.6 is 0 Å². The van der Waals surface area contributed by atoms with Crippen molar-refractivity contribution >= 4 is 26.0 Å². The summed E-state index contributed by atoms with van der Waals surface area (Å²) in [6.07, 6.45) is 0. The fourth-order valence-electron chi connectivity index (χ4n) is 2.20. The maximum Gasteiger partial charge on any atom is 0.294 e. The number of hydrogen-bond donors (Lipinski definition) is 3. The molecule has 0 aliphatic rings. The fraction of sp³-hybridized carbons (Fsp3) is 0.133. The average molecular weight is 419 g/mol. The largest absolute Gasteiger partial charge is 0.496 e. The van der Waals surface area contributed by atoms with Gasteiger partial charge in [0.1, 0.15) is 11.5 Å². The fourth-order valence-corrected chi connectivity index (χ4v) is 3.21. The molecule has 0 saturated carbocycles. The van der Waals surface area contributed by atoms with Crippen molar-refractivity contribution in [3.63, 3.8) is 0 Å². The van der Waals surface area contributed by atoms with Crippen molar-refractivity contribution < 1.29 is 40.2 Å². The molecule has 2 aromatic rings. The second-order valence-electron chi connectivity index (χ2n) is 5.00. The van der Waals surface area contributed by atoms with E-state index in [1.54, 1.807) is 0 Å². The Bertz CT molecular complexity index is 991. The Morgan fingerprint density at radius 1 is 0.778 bits per heavy atom. The summed E-state index contributed by atoms with van der Waals surface area (Å²) in [5.41, 5.74) is -0.512. The van der Waals surface area contributed by atoms with E-state index >= 15 is 0 Å². The van der Waals surface area contributed by atoms with Gasteiger partial charge in [0.05, 0.1) is 35.1 Å². The molecule has 0 fully saturated rings. The molecule has 0 aromatic heterocycles. The molecule has 0 amide bonds. The lowest BCUT2D eigenvalue weighted by Crippen LogP contribution is -2.10. The molecule has 0 atom stereocenters. The van der Waals surface area contributed by atoms with E-state index in [1.165, 1.54) is 14.2 Å². The number of ketones is 1. The van der Waals surface area contributed by atoms with Gasteiger partial charge in [0.25, 0.3) is 20.2 Å². The average Bonchev–Trinajstić information content (AvgIpc) is 2.58. The highest BCUT2D eigenvalue weighted by atomic mass is 32.2. The maximum atomic E-state index is 12.9. The lowest BCUT2D eigenvalue weighted by Gasteiger charge is -2.12. The Morgan fingerprint density at radius 2 is 1.11 bits per heavy atom. The SMILES string of the molecule is COc1ccc(S(=O)(=O)O)cc1C(=O)c1cc(S(=O)(=O)O)ccc1OC.N. The molecule has 0 radical (unpaired) electrons. The van der Waals surface area contributed by atoms with E-state index in [0.717, 1.165) is 36.4 Å². The van der Waals surface area contributed by atoms with E-state index in [9.17, 15) is 21.6 Å². The lowest BCUT2D eigenvalue weighted by molar-refractivity contribution is 0.103. The molecule has 0 heterocycles. The summed E-state index contributed by atoms with van der Waals surface area (Å²) in [5.74, 6) is -0.863. The normalized spacial score (nSPS) is 11.4. The second-order valence-corrected chi connectivity index (χ2v) is 7.85. The van der Waals surface area contributed by atoms with Crippen LogP contribution in [0, 0.1) is 0 Å². The molecule has 12 heteroatoms. The molecule has 0 saturated heterocycles. The van der Waals surface area contributed by atoms with Gasteiger partial charge in [-0.3, -0.25) is 13.9 Å². The zero-order valence-electron chi connectivity index (χ0n) is 14.2. The van der Waals surface area contributed by atoms with Crippen LogP contribution in [0.3, 0.4) is 0 Å². The highest BCUT2D eigenvalue weighted by Gasteiger charge is 2.24. The van der Waals surface area contributed by atoms with Crippen molar-refractivity contribution in [1.82, 2.24) is 6.15 Å². The van der Waals surface area contributed by atoms with Crippen molar-refractivity contribution in [2.45, 2.75) is 9.79 Å². The van der Waals surface area contributed by atoms with E-state index in [-0.39, 0.29) is 28.8 Å². The zero-order chi connectivity index (χ0) is 19.7. The first-order valence-electron chi connectivity index (χ1n) is 6.85. The third-order valence-corrected chi connectivity index (χ3v) is 5.13. The van der Waals surface area contributed by atoms with Crippen LogP contribution < -0.4 is 15.6 Å². The Kier molecular flexibility index (Phi) is 6.69. The summed E-state index contributed by atoms with van der Waals surface area (Å²) >= 11 is 0. The predicted molar refractivity (Wildman–Crippen MR) is 94.1 cm³/mol. The third-order valence-electron chi connectivity index (χ3n) is 3.43. The van der Waals surface area contributed by atoms with Crippen LogP contribution in [0.4, 0.5) is 0 Å². The summed E-state index contributed by atoms with van der Waals surface area (Å²) < 4.78 is 73.6. The molecular formula is C15H17NO9S2. The molecule has 0 aliphatic heterocycles. The first-order valence-corrected chi connectivity index (χ1v) is 9.73. The van der Waals surface area contributed by atoms with Gasteiger partial charge in [-0.15, -0.1) is 0 Å². The second kappa shape index (κ2) is 8.02. The smallest absolute Gasteiger partial charge is 0.294 e. The van der Waals surface area contributed by atoms with Crippen LogP contribution in [-0.2, 0) is 20.2 Å². The first-order chi connectivity index (χ1) is 12.0. The van der Waals surface area contributed by atoms with Gasteiger partial charge in [0, 0.05) is 0 Å². The molecule has 0 unspecified atom stereocenters. The van der Waals surface area contributed by atoms with Gasteiger partial charge in [-0.1, -0.05) is 0 Å². The topological polar surface area (TPSA) is 179 Å². The van der Waals surface area contributed by atoms with Crippen LogP contribution in [0.1, 0.15) is 15.9 Å². The van der Waals surface area contributed by atoms with Crippen LogP contribution in [0.15, 0.2) is 46.2 Å². The van der Waals surface area contributed by atoms with Gasteiger partial charge in [0.15, 0.2) is 0 Å². The minimum atomic E-state index is -4.59. The van der Waals surface area contributed by atoms with Gasteiger partial charge >= 0.3 is 0 Å². The minimum absolute atomic E-state index is 0. The minimum Gasteiger partial charge on any atom is -0.496 e. The van der Waals surface area contributed by atoms with Gasteiger partial charge < -0.3 is 15.6 Å². The molecular weight excluding hydrogens is 402 g/mol. The lowest BCUT2D eigenvalue weighted by atomic mass is 10.0. The molecule has 27 heavy (non-hydrogen) atoms. The number of hydrogen-bond acceptors (Lipinski definition) is 8. The number of methoxy groups -OCH3 is 2. The summed E-state index contributed by atoms with van der Waals surface area (Å²) in [7, 11) is -6.69. The molecule has 0 aliphatic carbocycles. The summed E-state index contributed by atoms with van der Waals surface area (Å²) in [6.45, 7) is 0. The van der Waals surface area contributed by atoms with Gasteiger partial charge in [-0.25, -0.2) is 0 Å². The highest BCUT2D eigenvalue weighted by Crippen LogP contribution is 2.30. The van der Waals surface area contributed by atoms with E-state index < -0.39 is 35.8 Å². The van der Waals surface area contributed by atoms with E-state index in [4.69, 9.17) is 18.6 Å². The van der Waals surface area contributed by atoms with Crippen molar-refractivity contribution in [3.05, 3.63) is 47.5 Å². The number of ether oxygens (including phenoxy) is 2. The van der Waals surface area contributed by atoms with Crippen molar-refractivity contribution in [2.24, 2.45) is 0 Å². The van der Waals surface area contributed by atoms with Gasteiger partial charge in [-0.2, -0.15) is 16.8 Å². The standard InChI is InChI=1S/C15H14O9S2.H3N/c1-23-13-5-3-9(25(17,18)19)7-11(13)15(16)12-8-10(26(20,21)22)4-6-14(12)24-2;/h3-8H,1-2H3,(H,17,18,19)(H,20,21,22);1H3. The van der Waals surface area contributed by atoms with E-state index in [2.05, 4.69) is 0 Å². The number of benzene rings is 2. The molecule has 10 nitrogen and oxygen atoms in total. The zero-order valence-corrected chi connectivity index (χ0v) is 15.9. The summed E-state index contributed by atoms with van der Waals surface area (Å²) in [6, 6.07) is 6.17. The number of carbonyl (C=O) groups is 1. The van der Waals surface area contributed by atoms with Crippen LogP contribution in [0.2, 0.25) is 0 Å². The Hall–Kier alpha value is -2.51. The van der Waals surface area contributed by atoms with Crippen LogP contribution in [-0.4, -0.2) is 45.9 Å². The number of rotatable bonds is 6. The quantitative estimate of drug-likeness (QED) is 0.459. The first kappa shape index (κ1) is 22.5. The third kappa shape index (κ3) is 4.81. The molecule has 148 valence electrons. The van der Waals surface area contributed by atoms with Crippen molar-refractivity contribution in [3.8, 4) is 11.5 Å². The van der Waals surface area contributed by atoms with Crippen LogP contribution in [0.25, 0.3) is 0 Å². The molecule has 0 spiro atoms.